The minimum absolute atomic E-state index is 0.0727. The van der Waals surface area contributed by atoms with Gasteiger partial charge >= 0.3 is 0 Å². The van der Waals surface area contributed by atoms with Crippen LogP contribution < -0.4 is 5.32 Å². The summed E-state index contributed by atoms with van der Waals surface area (Å²) >= 11 is 9.49. The summed E-state index contributed by atoms with van der Waals surface area (Å²) in [5.74, 6) is 0.992. The monoisotopic (exact) mass is 327 g/mol. The van der Waals surface area contributed by atoms with Crippen LogP contribution in [0.5, 0.6) is 0 Å². The van der Waals surface area contributed by atoms with Crippen LogP contribution in [0.15, 0.2) is 35.1 Å². The highest BCUT2D eigenvalue weighted by atomic mass is 79.9. The number of aryl methyl sites for hydroxylation is 1. The molecule has 0 saturated carbocycles. The maximum atomic E-state index is 6.03. The van der Waals surface area contributed by atoms with Gasteiger partial charge in [-0.05, 0) is 40.2 Å². The van der Waals surface area contributed by atoms with E-state index in [9.17, 15) is 0 Å². The molecular weight excluding hydrogens is 314 g/mol. The zero-order chi connectivity index (χ0) is 13.1. The van der Waals surface area contributed by atoms with Gasteiger partial charge in [0.2, 0.25) is 0 Å². The quantitative estimate of drug-likeness (QED) is 0.930. The first kappa shape index (κ1) is 13.6. The van der Waals surface area contributed by atoms with E-state index >= 15 is 0 Å². The number of rotatable bonds is 4. The summed E-state index contributed by atoms with van der Waals surface area (Å²) in [6.07, 6.45) is 3.76. The molecule has 1 unspecified atom stereocenters. The van der Waals surface area contributed by atoms with Crippen LogP contribution >= 0.6 is 27.5 Å². The molecule has 0 aliphatic carbocycles. The summed E-state index contributed by atoms with van der Waals surface area (Å²) in [5.41, 5.74) is 1.14. The molecule has 0 amide bonds. The van der Waals surface area contributed by atoms with Crippen LogP contribution in [-0.2, 0) is 7.05 Å². The Morgan fingerprint density at radius 2 is 2.28 bits per heavy atom. The lowest BCUT2D eigenvalue weighted by atomic mass is 10.1. The Labute approximate surface area is 120 Å². The van der Waals surface area contributed by atoms with Gasteiger partial charge in [-0.15, -0.1) is 0 Å². The molecule has 1 N–H and O–H groups in total. The van der Waals surface area contributed by atoms with Gasteiger partial charge in [0.1, 0.15) is 5.82 Å². The molecule has 0 saturated heterocycles. The summed E-state index contributed by atoms with van der Waals surface area (Å²) in [6.45, 7) is 2.96. The molecule has 0 radical (unpaired) electrons. The predicted octanol–water partition coefficient (Wildman–Crippen LogP) is 3.53. The third-order valence-electron chi connectivity index (χ3n) is 2.80. The van der Waals surface area contributed by atoms with E-state index in [4.69, 9.17) is 11.6 Å². The van der Waals surface area contributed by atoms with Crippen molar-refractivity contribution in [2.75, 3.05) is 6.54 Å². The van der Waals surface area contributed by atoms with Crippen LogP contribution in [0, 0.1) is 0 Å². The topological polar surface area (TPSA) is 29.9 Å². The molecule has 0 fully saturated rings. The number of nitrogens with one attached hydrogen (secondary N) is 1. The van der Waals surface area contributed by atoms with Crippen molar-refractivity contribution >= 4 is 27.5 Å². The fourth-order valence-corrected chi connectivity index (χ4v) is 2.42. The molecule has 18 heavy (non-hydrogen) atoms. The second-order valence-corrected chi connectivity index (χ2v) is 5.32. The Balaban J connectivity index is 2.41. The molecule has 96 valence electrons. The Kier molecular flexibility index (Phi) is 4.43. The van der Waals surface area contributed by atoms with Crippen LogP contribution in [-0.4, -0.2) is 16.1 Å². The van der Waals surface area contributed by atoms with E-state index in [1.54, 1.807) is 0 Å². The van der Waals surface area contributed by atoms with Gasteiger partial charge in [-0.2, -0.15) is 0 Å². The number of hydrogen-bond donors (Lipinski definition) is 1. The molecule has 0 bridgehead atoms. The number of nitrogens with zero attached hydrogens (tertiary/aromatic N) is 2. The van der Waals surface area contributed by atoms with Crippen LogP contribution in [0.1, 0.15) is 24.4 Å². The highest BCUT2D eigenvalue weighted by Crippen LogP contribution is 2.28. The molecule has 0 aliphatic heterocycles. The molecule has 5 heteroatoms. The number of aromatic nitrogens is 2. The minimum Gasteiger partial charge on any atom is -0.336 e. The fourth-order valence-electron chi connectivity index (χ4n) is 1.91. The molecule has 3 nitrogen and oxygen atoms in total. The summed E-state index contributed by atoms with van der Waals surface area (Å²) < 4.78 is 2.93. The average Bonchev–Trinajstić information content (AvgIpc) is 2.76. The summed E-state index contributed by atoms with van der Waals surface area (Å²) in [6, 6.07) is 6.02. The van der Waals surface area contributed by atoms with Gasteiger partial charge in [-0.3, -0.25) is 0 Å². The van der Waals surface area contributed by atoms with Crippen molar-refractivity contribution in [3.05, 3.63) is 51.5 Å². The molecule has 0 aliphatic rings. The van der Waals surface area contributed by atoms with Crippen molar-refractivity contribution in [2.24, 2.45) is 7.05 Å². The van der Waals surface area contributed by atoms with Gasteiger partial charge in [0.15, 0.2) is 0 Å². The van der Waals surface area contributed by atoms with Crippen molar-refractivity contribution in [2.45, 2.75) is 13.0 Å². The second kappa shape index (κ2) is 5.87. The van der Waals surface area contributed by atoms with E-state index in [0.717, 1.165) is 22.4 Å². The molecular formula is C13H15BrClN3. The first-order valence-corrected chi connectivity index (χ1v) is 6.96. The summed E-state index contributed by atoms with van der Waals surface area (Å²) in [7, 11) is 2.00. The smallest absolute Gasteiger partial charge is 0.130 e. The van der Waals surface area contributed by atoms with Gasteiger partial charge in [0.25, 0.3) is 0 Å². The van der Waals surface area contributed by atoms with E-state index in [-0.39, 0.29) is 6.04 Å². The lowest BCUT2D eigenvalue weighted by Crippen LogP contribution is -2.24. The maximum absolute atomic E-state index is 6.03. The minimum atomic E-state index is 0.0727. The largest absolute Gasteiger partial charge is 0.336 e. The van der Waals surface area contributed by atoms with E-state index < -0.39 is 0 Å². The van der Waals surface area contributed by atoms with Crippen molar-refractivity contribution in [1.82, 2.24) is 14.9 Å². The SMILES string of the molecule is CCNC(c1ccc(Cl)c(Br)c1)c1nccn1C. The highest BCUT2D eigenvalue weighted by molar-refractivity contribution is 9.10. The van der Waals surface area contributed by atoms with Crippen LogP contribution in [0.2, 0.25) is 5.02 Å². The van der Waals surface area contributed by atoms with Crippen LogP contribution in [0.4, 0.5) is 0 Å². The van der Waals surface area contributed by atoms with Crippen LogP contribution in [0.25, 0.3) is 0 Å². The summed E-state index contributed by atoms with van der Waals surface area (Å²) in [5, 5.41) is 4.16. The molecule has 2 rings (SSSR count). The Morgan fingerprint density at radius 1 is 1.50 bits per heavy atom. The lowest BCUT2D eigenvalue weighted by molar-refractivity contribution is 0.577. The predicted molar refractivity (Wildman–Crippen MR) is 77.9 cm³/mol. The fraction of sp³-hybridized carbons (Fsp3) is 0.308. The first-order chi connectivity index (χ1) is 8.63. The van der Waals surface area contributed by atoms with Gasteiger partial charge in [-0.25, -0.2) is 4.98 Å². The zero-order valence-corrected chi connectivity index (χ0v) is 12.7. The number of hydrogen-bond acceptors (Lipinski definition) is 2. The number of imidazole rings is 1. The normalized spacial score (nSPS) is 12.7. The standard InChI is InChI=1S/C13H15BrClN3/c1-3-16-12(13-17-6-7-18(13)2)9-4-5-11(15)10(14)8-9/h4-8,12,16H,3H2,1-2H3. The third kappa shape index (κ3) is 2.76. The zero-order valence-electron chi connectivity index (χ0n) is 10.3. The van der Waals surface area contributed by atoms with Crippen molar-refractivity contribution in [3.63, 3.8) is 0 Å². The number of benzene rings is 1. The van der Waals surface area contributed by atoms with Crippen molar-refractivity contribution in [1.29, 1.82) is 0 Å². The average molecular weight is 329 g/mol. The van der Waals surface area contributed by atoms with E-state index in [2.05, 4.69) is 33.2 Å². The first-order valence-electron chi connectivity index (χ1n) is 5.79. The Morgan fingerprint density at radius 3 is 2.83 bits per heavy atom. The van der Waals surface area contributed by atoms with Gasteiger partial charge in [-0.1, -0.05) is 24.6 Å². The van der Waals surface area contributed by atoms with Gasteiger partial charge in [0, 0.05) is 23.9 Å². The van der Waals surface area contributed by atoms with Crippen molar-refractivity contribution in [3.8, 4) is 0 Å². The highest BCUT2D eigenvalue weighted by Gasteiger charge is 2.17. The molecule has 0 spiro atoms. The van der Waals surface area contributed by atoms with Crippen molar-refractivity contribution < 1.29 is 0 Å². The second-order valence-electron chi connectivity index (χ2n) is 4.06. The molecule has 1 heterocycles. The van der Waals surface area contributed by atoms with E-state index in [0.29, 0.717) is 5.02 Å². The van der Waals surface area contributed by atoms with Gasteiger partial charge < -0.3 is 9.88 Å². The summed E-state index contributed by atoms with van der Waals surface area (Å²) in [4.78, 5) is 4.42. The van der Waals surface area contributed by atoms with Gasteiger partial charge in [0.05, 0.1) is 11.1 Å². The molecule has 1 aromatic carbocycles. The van der Waals surface area contributed by atoms with Crippen LogP contribution in [0.3, 0.4) is 0 Å². The maximum Gasteiger partial charge on any atom is 0.130 e. The Hall–Kier alpha value is -0.840. The lowest BCUT2D eigenvalue weighted by Gasteiger charge is -2.18. The Bertz CT molecular complexity index is 539. The molecule has 1 atom stereocenters. The third-order valence-corrected chi connectivity index (χ3v) is 4.02. The van der Waals surface area contributed by atoms with E-state index in [1.165, 1.54) is 0 Å². The molecule has 1 aromatic heterocycles. The van der Waals surface area contributed by atoms with E-state index in [1.807, 2.05) is 42.2 Å². The number of halogens is 2. The molecule has 2 aromatic rings.